The van der Waals surface area contributed by atoms with E-state index >= 15 is 0 Å². The maximum absolute atomic E-state index is 13.7. The zero-order valence-corrected chi connectivity index (χ0v) is 10.4. The molecule has 2 rings (SSSR count). The van der Waals surface area contributed by atoms with Crippen molar-refractivity contribution < 1.29 is 14.2 Å². The van der Waals surface area contributed by atoms with Crippen LogP contribution in [0.3, 0.4) is 0 Å². The maximum atomic E-state index is 13.7. The van der Waals surface area contributed by atoms with Crippen LogP contribution in [-0.4, -0.2) is 12.2 Å². The Balaban J connectivity index is 2.33. The second kappa shape index (κ2) is 4.65. The lowest BCUT2D eigenvalue weighted by Crippen LogP contribution is -2.28. The van der Waals surface area contributed by atoms with E-state index in [4.69, 9.17) is 4.74 Å². The molecule has 2 nitrogen and oxygen atoms in total. The Labute approximate surface area is 101 Å². The van der Waals surface area contributed by atoms with E-state index in [-0.39, 0.29) is 11.7 Å². The van der Waals surface area contributed by atoms with Gasteiger partial charge in [0.05, 0.1) is 12.7 Å². The van der Waals surface area contributed by atoms with Gasteiger partial charge in [-0.15, -0.1) is 0 Å². The van der Waals surface area contributed by atoms with Gasteiger partial charge >= 0.3 is 0 Å². The van der Waals surface area contributed by atoms with Crippen LogP contribution in [0.25, 0.3) is 0 Å². The second-order valence-corrected chi connectivity index (χ2v) is 4.80. The van der Waals surface area contributed by atoms with E-state index in [1.165, 1.54) is 13.2 Å². The molecule has 17 heavy (non-hydrogen) atoms. The SMILES string of the molecule is CCCC(O)(c1ccc(OC)c(F)c1)C1CC1. The Kier molecular flexibility index (Phi) is 3.38. The van der Waals surface area contributed by atoms with Gasteiger partial charge in [0.25, 0.3) is 0 Å². The smallest absolute Gasteiger partial charge is 0.165 e. The van der Waals surface area contributed by atoms with Crippen LogP contribution in [0, 0.1) is 11.7 Å². The summed E-state index contributed by atoms with van der Waals surface area (Å²) in [5.41, 5.74) is -0.179. The predicted octanol–water partition coefficient (Wildman–Crippen LogP) is 3.23. The van der Waals surface area contributed by atoms with Gasteiger partial charge in [0, 0.05) is 0 Å². The molecular formula is C14H19FO2. The van der Waals surface area contributed by atoms with E-state index in [1.54, 1.807) is 12.1 Å². The molecule has 1 aromatic carbocycles. The molecule has 1 unspecified atom stereocenters. The first-order valence-electron chi connectivity index (χ1n) is 6.18. The molecule has 0 spiro atoms. The number of hydrogen-bond acceptors (Lipinski definition) is 2. The second-order valence-electron chi connectivity index (χ2n) is 4.80. The molecule has 0 heterocycles. The van der Waals surface area contributed by atoms with Crippen molar-refractivity contribution in [3.63, 3.8) is 0 Å². The van der Waals surface area contributed by atoms with Crippen LogP contribution >= 0.6 is 0 Å². The van der Waals surface area contributed by atoms with E-state index < -0.39 is 11.4 Å². The summed E-state index contributed by atoms with van der Waals surface area (Å²) in [7, 11) is 1.44. The zero-order chi connectivity index (χ0) is 12.5. The van der Waals surface area contributed by atoms with Crippen LogP contribution in [-0.2, 0) is 5.60 Å². The molecule has 1 N–H and O–H groups in total. The molecule has 1 atom stereocenters. The van der Waals surface area contributed by atoms with Crippen molar-refractivity contribution in [2.45, 2.75) is 38.2 Å². The lowest BCUT2D eigenvalue weighted by atomic mass is 9.84. The van der Waals surface area contributed by atoms with Crippen LogP contribution in [0.15, 0.2) is 18.2 Å². The van der Waals surface area contributed by atoms with Crippen molar-refractivity contribution in [3.8, 4) is 5.75 Å². The first-order chi connectivity index (χ1) is 8.11. The van der Waals surface area contributed by atoms with Gasteiger partial charge in [-0.2, -0.15) is 0 Å². The molecule has 1 saturated carbocycles. The molecule has 3 heteroatoms. The number of ether oxygens (including phenoxy) is 1. The highest BCUT2D eigenvalue weighted by molar-refractivity contribution is 5.33. The van der Waals surface area contributed by atoms with Crippen molar-refractivity contribution in [3.05, 3.63) is 29.6 Å². The van der Waals surface area contributed by atoms with Gasteiger partial charge < -0.3 is 9.84 Å². The van der Waals surface area contributed by atoms with Gasteiger partial charge in [0.15, 0.2) is 11.6 Å². The van der Waals surface area contributed by atoms with Gasteiger partial charge in [0.1, 0.15) is 0 Å². The summed E-state index contributed by atoms with van der Waals surface area (Å²) in [5, 5.41) is 10.7. The number of benzene rings is 1. The van der Waals surface area contributed by atoms with Crippen LogP contribution in [0.5, 0.6) is 5.75 Å². The van der Waals surface area contributed by atoms with E-state index in [0.29, 0.717) is 12.0 Å². The summed E-state index contributed by atoms with van der Waals surface area (Å²) in [6.07, 6.45) is 3.64. The Hall–Kier alpha value is -1.09. The number of methoxy groups -OCH3 is 1. The first kappa shape index (κ1) is 12.4. The third-order valence-electron chi connectivity index (χ3n) is 3.54. The highest BCUT2D eigenvalue weighted by Crippen LogP contribution is 2.48. The van der Waals surface area contributed by atoms with Crippen molar-refractivity contribution in [2.75, 3.05) is 7.11 Å². The van der Waals surface area contributed by atoms with Gasteiger partial charge in [-0.3, -0.25) is 0 Å². The van der Waals surface area contributed by atoms with Crippen molar-refractivity contribution >= 4 is 0 Å². The minimum Gasteiger partial charge on any atom is -0.494 e. The van der Waals surface area contributed by atoms with E-state index in [0.717, 1.165) is 19.3 Å². The zero-order valence-electron chi connectivity index (χ0n) is 10.4. The Bertz CT molecular complexity index is 401. The van der Waals surface area contributed by atoms with Crippen LogP contribution in [0.4, 0.5) is 4.39 Å². The van der Waals surface area contributed by atoms with Crippen molar-refractivity contribution in [2.24, 2.45) is 5.92 Å². The molecule has 0 saturated heterocycles. The number of rotatable bonds is 5. The van der Waals surface area contributed by atoms with Crippen molar-refractivity contribution in [1.82, 2.24) is 0 Å². The molecule has 0 aliphatic heterocycles. The molecule has 0 amide bonds. The largest absolute Gasteiger partial charge is 0.494 e. The third-order valence-corrected chi connectivity index (χ3v) is 3.54. The number of halogens is 1. The first-order valence-corrected chi connectivity index (χ1v) is 6.18. The Morgan fingerprint density at radius 3 is 2.65 bits per heavy atom. The third kappa shape index (κ3) is 2.29. The van der Waals surface area contributed by atoms with E-state index in [1.807, 2.05) is 6.92 Å². The fraction of sp³-hybridized carbons (Fsp3) is 0.571. The summed E-state index contributed by atoms with van der Waals surface area (Å²) in [6, 6.07) is 4.77. The Morgan fingerprint density at radius 1 is 1.47 bits per heavy atom. The normalized spacial score (nSPS) is 18.8. The molecule has 1 aliphatic carbocycles. The van der Waals surface area contributed by atoms with Crippen molar-refractivity contribution in [1.29, 1.82) is 0 Å². The predicted molar refractivity (Wildman–Crippen MR) is 64.5 cm³/mol. The summed E-state index contributed by atoms with van der Waals surface area (Å²) in [5.74, 6) is 0.110. The summed E-state index contributed by atoms with van der Waals surface area (Å²) in [6.45, 7) is 2.03. The summed E-state index contributed by atoms with van der Waals surface area (Å²) >= 11 is 0. The fourth-order valence-electron chi connectivity index (χ4n) is 2.46. The minimum absolute atomic E-state index is 0.225. The molecule has 1 aromatic rings. The molecule has 0 radical (unpaired) electrons. The van der Waals surface area contributed by atoms with Gasteiger partial charge in [0.2, 0.25) is 0 Å². The molecule has 1 aliphatic rings. The standard InChI is InChI=1S/C14H19FO2/c1-3-8-14(16,10-4-5-10)11-6-7-13(17-2)12(15)9-11/h6-7,9-10,16H,3-5,8H2,1-2H3. The van der Waals surface area contributed by atoms with E-state index in [9.17, 15) is 9.50 Å². The Morgan fingerprint density at radius 2 is 2.18 bits per heavy atom. The van der Waals surface area contributed by atoms with Crippen LogP contribution in [0.2, 0.25) is 0 Å². The molecule has 0 bridgehead atoms. The maximum Gasteiger partial charge on any atom is 0.165 e. The fourth-order valence-corrected chi connectivity index (χ4v) is 2.46. The molecule has 0 aromatic heterocycles. The summed E-state index contributed by atoms with van der Waals surface area (Å²) in [4.78, 5) is 0. The van der Waals surface area contributed by atoms with Crippen LogP contribution < -0.4 is 4.74 Å². The average molecular weight is 238 g/mol. The topological polar surface area (TPSA) is 29.5 Å². The highest BCUT2D eigenvalue weighted by atomic mass is 19.1. The van der Waals surface area contributed by atoms with E-state index in [2.05, 4.69) is 0 Å². The van der Waals surface area contributed by atoms with Gasteiger partial charge in [-0.1, -0.05) is 19.4 Å². The molecule has 1 fully saturated rings. The quantitative estimate of drug-likeness (QED) is 0.853. The minimum atomic E-state index is -0.859. The lowest BCUT2D eigenvalue weighted by molar-refractivity contribution is 0.00306. The molecular weight excluding hydrogens is 219 g/mol. The summed E-state index contributed by atoms with van der Waals surface area (Å²) < 4.78 is 18.6. The average Bonchev–Trinajstić information content (AvgIpc) is 3.13. The highest BCUT2D eigenvalue weighted by Gasteiger charge is 2.44. The lowest BCUT2D eigenvalue weighted by Gasteiger charge is -2.28. The van der Waals surface area contributed by atoms with Gasteiger partial charge in [-0.25, -0.2) is 4.39 Å². The van der Waals surface area contributed by atoms with Gasteiger partial charge in [-0.05, 0) is 42.9 Å². The number of aliphatic hydroxyl groups is 1. The number of hydrogen-bond donors (Lipinski definition) is 1. The van der Waals surface area contributed by atoms with Crippen LogP contribution in [0.1, 0.15) is 38.2 Å². The molecule has 94 valence electrons. The monoisotopic (exact) mass is 238 g/mol.